The number of carboxylic acids is 1. The van der Waals surface area contributed by atoms with Crippen molar-refractivity contribution in [1.82, 2.24) is 4.98 Å². The SMILES string of the molecule is COc1ccc2c(-c3cccc(C(=O)O)c3C)c[nH]c2c1. The van der Waals surface area contributed by atoms with Crippen LogP contribution < -0.4 is 4.74 Å². The van der Waals surface area contributed by atoms with Crippen LogP contribution in [0.1, 0.15) is 15.9 Å². The molecule has 0 spiro atoms. The van der Waals surface area contributed by atoms with Gasteiger partial charge < -0.3 is 14.8 Å². The summed E-state index contributed by atoms with van der Waals surface area (Å²) in [4.78, 5) is 14.5. The van der Waals surface area contributed by atoms with Gasteiger partial charge in [-0.2, -0.15) is 0 Å². The molecule has 0 unspecified atom stereocenters. The van der Waals surface area contributed by atoms with E-state index in [9.17, 15) is 9.90 Å². The summed E-state index contributed by atoms with van der Waals surface area (Å²) in [6, 6.07) is 11.1. The first kappa shape index (κ1) is 13.2. The predicted octanol–water partition coefficient (Wildman–Crippen LogP) is 3.85. The Labute approximate surface area is 122 Å². The van der Waals surface area contributed by atoms with Crippen molar-refractivity contribution in [3.05, 3.63) is 53.7 Å². The van der Waals surface area contributed by atoms with Gasteiger partial charge in [0.15, 0.2) is 0 Å². The van der Waals surface area contributed by atoms with Gasteiger partial charge in [0, 0.05) is 28.7 Å². The highest BCUT2D eigenvalue weighted by atomic mass is 16.5. The molecule has 0 saturated carbocycles. The van der Waals surface area contributed by atoms with Gasteiger partial charge in [0.05, 0.1) is 12.7 Å². The second kappa shape index (κ2) is 4.98. The van der Waals surface area contributed by atoms with Gasteiger partial charge in [0.25, 0.3) is 0 Å². The van der Waals surface area contributed by atoms with Gasteiger partial charge in [-0.25, -0.2) is 4.79 Å². The number of aromatic carboxylic acids is 1. The first-order chi connectivity index (χ1) is 10.1. The number of fused-ring (bicyclic) bond motifs is 1. The minimum Gasteiger partial charge on any atom is -0.497 e. The molecule has 0 saturated heterocycles. The fourth-order valence-corrected chi connectivity index (χ4v) is 2.61. The van der Waals surface area contributed by atoms with Crippen LogP contribution in [0.4, 0.5) is 0 Å². The molecular weight excluding hydrogens is 266 g/mol. The van der Waals surface area contributed by atoms with Crippen molar-refractivity contribution in [1.29, 1.82) is 0 Å². The summed E-state index contributed by atoms with van der Waals surface area (Å²) in [6.45, 7) is 1.83. The molecule has 0 amide bonds. The van der Waals surface area contributed by atoms with E-state index in [1.54, 1.807) is 19.2 Å². The van der Waals surface area contributed by atoms with E-state index in [1.165, 1.54) is 0 Å². The van der Waals surface area contributed by atoms with E-state index >= 15 is 0 Å². The highest BCUT2D eigenvalue weighted by Crippen LogP contribution is 2.33. The van der Waals surface area contributed by atoms with E-state index < -0.39 is 5.97 Å². The fraction of sp³-hybridized carbons (Fsp3) is 0.118. The Bertz CT molecular complexity index is 833. The number of carbonyl (C=O) groups is 1. The van der Waals surface area contributed by atoms with Crippen LogP contribution in [0, 0.1) is 6.92 Å². The Kier molecular flexibility index (Phi) is 3.14. The number of hydrogen-bond acceptors (Lipinski definition) is 2. The number of nitrogens with one attached hydrogen (secondary N) is 1. The Hall–Kier alpha value is -2.75. The van der Waals surface area contributed by atoms with Gasteiger partial charge >= 0.3 is 5.97 Å². The van der Waals surface area contributed by atoms with Crippen LogP contribution >= 0.6 is 0 Å². The van der Waals surface area contributed by atoms with Crippen molar-refractivity contribution >= 4 is 16.9 Å². The summed E-state index contributed by atoms with van der Waals surface area (Å²) in [5, 5.41) is 10.3. The molecule has 4 nitrogen and oxygen atoms in total. The van der Waals surface area contributed by atoms with Crippen LogP contribution in [-0.2, 0) is 0 Å². The molecule has 0 aliphatic heterocycles. The van der Waals surface area contributed by atoms with Crippen LogP contribution in [0.15, 0.2) is 42.6 Å². The monoisotopic (exact) mass is 281 g/mol. The Morgan fingerprint density at radius 3 is 2.71 bits per heavy atom. The summed E-state index contributed by atoms with van der Waals surface area (Å²) in [5.74, 6) is -0.122. The van der Waals surface area contributed by atoms with Crippen LogP contribution in [-0.4, -0.2) is 23.2 Å². The number of rotatable bonds is 3. The van der Waals surface area contributed by atoms with Gasteiger partial charge in [-0.3, -0.25) is 0 Å². The third-order valence-electron chi connectivity index (χ3n) is 3.74. The molecule has 1 heterocycles. The molecule has 21 heavy (non-hydrogen) atoms. The highest BCUT2D eigenvalue weighted by molar-refractivity contribution is 5.99. The normalized spacial score (nSPS) is 10.8. The largest absolute Gasteiger partial charge is 0.497 e. The number of ether oxygens (including phenoxy) is 1. The maximum Gasteiger partial charge on any atom is 0.335 e. The lowest BCUT2D eigenvalue weighted by Gasteiger charge is -2.08. The Morgan fingerprint density at radius 1 is 1.19 bits per heavy atom. The zero-order valence-electron chi connectivity index (χ0n) is 11.8. The van der Waals surface area contributed by atoms with E-state index in [0.717, 1.165) is 33.3 Å². The molecule has 0 fully saturated rings. The van der Waals surface area contributed by atoms with E-state index in [4.69, 9.17) is 4.74 Å². The van der Waals surface area contributed by atoms with Crippen molar-refractivity contribution in [3.8, 4) is 16.9 Å². The Morgan fingerprint density at radius 2 is 2.00 bits per heavy atom. The van der Waals surface area contributed by atoms with Gasteiger partial charge in [0.1, 0.15) is 5.75 Å². The molecule has 4 heteroatoms. The Balaban J connectivity index is 2.22. The van der Waals surface area contributed by atoms with Crippen molar-refractivity contribution < 1.29 is 14.6 Å². The predicted molar refractivity (Wildman–Crippen MR) is 82.0 cm³/mol. The number of methoxy groups -OCH3 is 1. The average Bonchev–Trinajstić information content (AvgIpc) is 2.90. The van der Waals surface area contributed by atoms with Crippen molar-refractivity contribution in [2.45, 2.75) is 6.92 Å². The summed E-state index contributed by atoms with van der Waals surface area (Å²) >= 11 is 0. The summed E-state index contributed by atoms with van der Waals surface area (Å²) < 4.78 is 5.21. The zero-order valence-corrected chi connectivity index (χ0v) is 11.8. The molecule has 106 valence electrons. The summed E-state index contributed by atoms with van der Waals surface area (Å²) in [6.07, 6.45) is 1.90. The first-order valence-electron chi connectivity index (χ1n) is 6.60. The summed E-state index contributed by atoms with van der Waals surface area (Å²) in [7, 11) is 1.63. The molecule has 2 aromatic carbocycles. The average molecular weight is 281 g/mol. The minimum atomic E-state index is -0.907. The van der Waals surface area contributed by atoms with Crippen LogP contribution in [0.3, 0.4) is 0 Å². The molecule has 2 N–H and O–H groups in total. The van der Waals surface area contributed by atoms with Crippen molar-refractivity contribution in [2.24, 2.45) is 0 Å². The quantitative estimate of drug-likeness (QED) is 0.766. The van der Waals surface area contributed by atoms with Crippen LogP contribution in [0.5, 0.6) is 5.75 Å². The van der Waals surface area contributed by atoms with Crippen LogP contribution in [0.25, 0.3) is 22.0 Å². The van der Waals surface area contributed by atoms with Gasteiger partial charge in [-0.1, -0.05) is 12.1 Å². The van der Waals surface area contributed by atoms with Crippen molar-refractivity contribution in [3.63, 3.8) is 0 Å². The molecule has 0 radical (unpaired) electrons. The highest BCUT2D eigenvalue weighted by Gasteiger charge is 2.14. The van der Waals surface area contributed by atoms with E-state index in [2.05, 4.69) is 4.98 Å². The van der Waals surface area contributed by atoms with Crippen molar-refractivity contribution in [2.75, 3.05) is 7.11 Å². The maximum absolute atomic E-state index is 11.3. The number of H-pyrrole nitrogens is 1. The maximum atomic E-state index is 11.3. The second-order valence-corrected chi connectivity index (χ2v) is 4.90. The number of aromatic amines is 1. The molecule has 0 atom stereocenters. The van der Waals surface area contributed by atoms with Crippen LogP contribution in [0.2, 0.25) is 0 Å². The molecule has 0 aliphatic carbocycles. The van der Waals surface area contributed by atoms with E-state index in [-0.39, 0.29) is 0 Å². The lowest BCUT2D eigenvalue weighted by molar-refractivity contribution is 0.0696. The van der Waals surface area contributed by atoms with Gasteiger partial charge in [-0.05, 0) is 36.2 Å². The third kappa shape index (κ3) is 2.14. The molecule has 0 bridgehead atoms. The summed E-state index contributed by atoms with van der Waals surface area (Å²) in [5.41, 5.74) is 3.97. The lowest BCUT2D eigenvalue weighted by atomic mass is 9.96. The molecule has 0 aliphatic rings. The zero-order chi connectivity index (χ0) is 15.0. The lowest BCUT2D eigenvalue weighted by Crippen LogP contribution is -2.00. The number of benzene rings is 2. The number of aromatic nitrogens is 1. The molecule has 3 aromatic rings. The third-order valence-corrected chi connectivity index (χ3v) is 3.74. The number of hydrogen-bond donors (Lipinski definition) is 2. The standard InChI is InChI=1S/C17H15NO3/c1-10-12(4-3-5-13(10)17(19)20)15-9-18-16-8-11(21-2)6-7-14(15)16/h3-9,18H,1-2H3,(H,19,20). The van der Waals surface area contributed by atoms with E-state index in [0.29, 0.717) is 5.56 Å². The second-order valence-electron chi connectivity index (χ2n) is 4.90. The minimum absolute atomic E-state index is 0.329. The van der Waals surface area contributed by atoms with Gasteiger partial charge in [-0.15, -0.1) is 0 Å². The fourth-order valence-electron chi connectivity index (χ4n) is 2.61. The first-order valence-corrected chi connectivity index (χ1v) is 6.60. The smallest absolute Gasteiger partial charge is 0.335 e. The van der Waals surface area contributed by atoms with Gasteiger partial charge in [0.2, 0.25) is 0 Å². The molecule has 1 aromatic heterocycles. The molecular formula is C17H15NO3. The topological polar surface area (TPSA) is 62.3 Å². The van der Waals surface area contributed by atoms with E-state index in [1.807, 2.05) is 37.4 Å². The number of carboxylic acid groups (broad SMARTS) is 1. The molecule has 3 rings (SSSR count).